The lowest BCUT2D eigenvalue weighted by Gasteiger charge is -2.39. The minimum Gasteiger partial charge on any atom is -0.425 e. The van der Waals surface area contributed by atoms with Gasteiger partial charge in [-0.05, 0) is 12.8 Å². The molecule has 2 rings (SSSR count). The van der Waals surface area contributed by atoms with Gasteiger partial charge in [-0.15, -0.1) is 0 Å². The minimum atomic E-state index is -1.55. The SMILES string of the molecule is CCC1=C(CC)C(C)C(O)(c2ccccc2)OC1=O. The summed E-state index contributed by atoms with van der Waals surface area (Å²) in [6, 6.07) is 9.11. The van der Waals surface area contributed by atoms with Crippen LogP contribution in [0.4, 0.5) is 0 Å². The predicted octanol–water partition coefficient (Wildman–Crippen LogP) is 3.14. The first-order chi connectivity index (χ1) is 9.04. The molecule has 3 nitrogen and oxygen atoms in total. The molecule has 19 heavy (non-hydrogen) atoms. The van der Waals surface area contributed by atoms with Crippen LogP contribution in [-0.4, -0.2) is 11.1 Å². The van der Waals surface area contributed by atoms with Crippen molar-refractivity contribution < 1.29 is 14.6 Å². The molecular weight excluding hydrogens is 240 g/mol. The van der Waals surface area contributed by atoms with Crippen molar-refractivity contribution in [1.29, 1.82) is 0 Å². The monoisotopic (exact) mass is 260 g/mol. The maximum atomic E-state index is 12.1. The molecule has 0 amide bonds. The third kappa shape index (κ3) is 2.19. The third-order valence-electron chi connectivity index (χ3n) is 3.91. The standard InChI is InChI=1S/C16H20O3/c1-4-13-11(3)16(18,12-9-7-6-8-10-12)19-15(17)14(13)5-2/h6-11,18H,4-5H2,1-3H3. The van der Waals surface area contributed by atoms with Crippen LogP contribution in [0.5, 0.6) is 0 Å². The van der Waals surface area contributed by atoms with E-state index in [0.717, 1.165) is 12.0 Å². The van der Waals surface area contributed by atoms with Gasteiger partial charge in [-0.2, -0.15) is 0 Å². The molecule has 3 heteroatoms. The average Bonchev–Trinajstić information content (AvgIpc) is 2.43. The first-order valence-electron chi connectivity index (χ1n) is 6.77. The summed E-state index contributed by atoms with van der Waals surface area (Å²) < 4.78 is 5.37. The smallest absolute Gasteiger partial charge is 0.336 e. The number of rotatable bonds is 3. The Morgan fingerprint density at radius 1 is 1.21 bits per heavy atom. The molecule has 0 radical (unpaired) electrons. The molecule has 0 fully saturated rings. The highest BCUT2D eigenvalue weighted by Gasteiger charge is 2.46. The zero-order valence-electron chi connectivity index (χ0n) is 11.6. The van der Waals surface area contributed by atoms with E-state index in [1.807, 2.05) is 39.0 Å². The second kappa shape index (κ2) is 5.17. The largest absolute Gasteiger partial charge is 0.425 e. The van der Waals surface area contributed by atoms with Crippen LogP contribution in [0.15, 0.2) is 41.5 Å². The summed E-state index contributed by atoms with van der Waals surface area (Å²) in [6.45, 7) is 5.85. The summed E-state index contributed by atoms with van der Waals surface area (Å²) in [7, 11) is 0. The lowest BCUT2D eigenvalue weighted by Crippen LogP contribution is -2.44. The molecule has 0 aliphatic carbocycles. The third-order valence-corrected chi connectivity index (χ3v) is 3.91. The molecule has 1 aliphatic heterocycles. The predicted molar refractivity (Wildman–Crippen MR) is 73.2 cm³/mol. The Labute approximate surface area is 113 Å². The molecule has 0 bridgehead atoms. The normalized spacial score (nSPS) is 27.4. The number of cyclic esters (lactones) is 1. The Balaban J connectivity index is 2.52. The fourth-order valence-corrected chi connectivity index (χ4v) is 2.80. The topological polar surface area (TPSA) is 46.5 Å². The van der Waals surface area contributed by atoms with Crippen LogP contribution < -0.4 is 0 Å². The second-order valence-corrected chi connectivity index (χ2v) is 4.88. The fourth-order valence-electron chi connectivity index (χ4n) is 2.80. The van der Waals surface area contributed by atoms with Crippen LogP contribution in [-0.2, 0) is 15.3 Å². The second-order valence-electron chi connectivity index (χ2n) is 4.88. The van der Waals surface area contributed by atoms with Gasteiger partial charge in [-0.1, -0.05) is 56.7 Å². The van der Waals surface area contributed by atoms with Crippen molar-refractivity contribution in [3.63, 3.8) is 0 Å². The number of benzene rings is 1. The summed E-state index contributed by atoms with van der Waals surface area (Å²) in [6.07, 6.45) is 1.38. The highest BCUT2D eigenvalue weighted by molar-refractivity contribution is 5.90. The maximum absolute atomic E-state index is 12.1. The Hall–Kier alpha value is -1.61. The van der Waals surface area contributed by atoms with E-state index in [9.17, 15) is 9.90 Å². The van der Waals surface area contributed by atoms with Crippen LogP contribution in [0.25, 0.3) is 0 Å². The Morgan fingerprint density at radius 3 is 2.37 bits per heavy atom. The van der Waals surface area contributed by atoms with Gasteiger partial charge in [0, 0.05) is 17.1 Å². The fraction of sp³-hybridized carbons (Fsp3) is 0.438. The zero-order chi connectivity index (χ0) is 14.0. The lowest BCUT2D eigenvalue weighted by molar-refractivity contribution is -0.233. The quantitative estimate of drug-likeness (QED) is 0.849. The molecule has 0 spiro atoms. The van der Waals surface area contributed by atoms with E-state index in [1.165, 1.54) is 0 Å². The average molecular weight is 260 g/mol. The number of hydrogen-bond donors (Lipinski definition) is 1. The summed E-state index contributed by atoms with van der Waals surface area (Å²) in [5.74, 6) is -2.18. The first-order valence-corrected chi connectivity index (χ1v) is 6.77. The van der Waals surface area contributed by atoms with Crippen molar-refractivity contribution in [2.24, 2.45) is 5.92 Å². The van der Waals surface area contributed by atoms with Crippen LogP contribution in [0.1, 0.15) is 39.2 Å². The van der Waals surface area contributed by atoms with Gasteiger partial charge in [0.15, 0.2) is 0 Å². The maximum Gasteiger partial charge on any atom is 0.336 e. The number of carbonyl (C=O) groups is 1. The molecule has 0 saturated carbocycles. The van der Waals surface area contributed by atoms with Gasteiger partial charge in [-0.3, -0.25) is 0 Å². The first kappa shape index (κ1) is 13.8. The Kier molecular flexibility index (Phi) is 3.76. The summed E-state index contributed by atoms with van der Waals surface area (Å²) >= 11 is 0. The Morgan fingerprint density at radius 2 is 1.84 bits per heavy atom. The minimum absolute atomic E-state index is 0.229. The summed E-state index contributed by atoms with van der Waals surface area (Å²) in [5.41, 5.74) is 2.32. The van der Waals surface area contributed by atoms with E-state index >= 15 is 0 Å². The van der Waals surface area contributed by atoms with Crippen LogP contribution in [0.3, 0.4) is 0 Å². The number of aliphatic hydroxyl groups is 1. The van der Waals surface area contributed by atoms with Gasteiger partial charge in [0.1, 0.15) is 0 Å². The van der Waals surface area contributed by atoms with Crippen molar-refractivity contribution in [2.75, 3.05) is 0 Å². The molecule has 102 valence electrons. The number of carbonyl (C=O) groups excluding carboxylic acids is 1. The van der Waals surface area contributed by atoms with E-state index < -0.39 is 11.8 Å². The lowest BCUT2D eigenvalue weighted by atomic mass is 9.80. The molecule has 1 N–H and O–H groups in total. The zero-order valence-corrected chi connectivity index (χ0v) is 11.6. The molecule has 1 heterocycles. The number of ether oxygens (including phenoxy) is 1. The van der Waals surface area contributed by atoms with Gasteiger partial charge < -0.3 is 9.84 Å². The number of hydrogen-bond acceptors (Lipinski definition) is 3. The van der Waals surface area contributed by atoms with Crippen molar-refractivity contribution in [3.05, 3.63) is 47.0 Å². The van der Waals surface area contributed by atoms with Gasteiger partial charge in [0.05, 0.1) is 0 Å². The molecule has 0 saturated heterocycles. The van der Waals surface area contributed by atoms with Crippen molar-refractivity contribution in [1.82, 2.24) is 0 Å². The van der Waals surface area contributed by atoms with E-state index in [1.54, 1.807) is 12.1 Å². The molecule has 2 atom stereocenters. The molecule has 0 aromatic heterocycles. The van der Waals surface area contributed by atoms with Crippen LogP contribution in [0, 0.1) is 5.92 Å². The molecule has 2 unspecified atom stereocenters. The van der Waals surface area contributed by atoms with Crippen molar-refractivity contribution in [3.8, 4) is 0 Å². The van der Waals surface area contributed by atoms with Gasteiger partial charge in [-0.25, -0.2) is 4.79 Å². The van der Waals surface area contributed by atoms with Gasteiger partial charge in [0.2, 0.25) is 5.79 Å². The van der Waals surface area contributed by atoms with E-state index in [4.69, 9.17) is 4.74 Å². The van der Waals surface area contributed by atoms with Crippen LogP contribution in [0.2, 0.25) is 0 Å². The molecule has 1 aromatic carbocycles. The van der Waals surface area contributed by atoms with E-state index in [-0.39, 0.29) is 5.92 Å². The number of esters is 1. The van der Waals surface area contributed by atoms with E-state index in [2.05, 4.69) is 0 Å². The molecule has 1 aliphatic rings. The van der Waals surface area contributed by atoms with Crippen molar-refractivity contribution in [2.45, 2.75) is 39.4 Å². The highest BCUT2D eigenvalue weighted by Crippen LogP contribution is 2.42. The van der Waals surface area contributed by atoms with Gasteiger partial charge >= 0.3 is 5.97 Å². The molecule has 1 aromatic rings. The van der Waals surface area contributed by atoms with Crippen LogP contribution >= 0.6 is 0 Å². The Bertz CT molecular complexity index is 504. The highest BCUT2D eigenvalue weighted by atomic mass is 16.7. The van der Waals surface area contributed by atoms with Gasteiger partial charge in [0.25, 0.3) is 0 Å². The van der Waals surface area contributed by atoms with Crippen molar-refractivity contribution >= 4 is 5.97 Å². The summed E-state index contributed by atoms with van der Waals surface area (Å²) in [5, 5.41) is 10.8. The van der Waals surface area contributed by atoms with E-state index in [0.29, 0.717) is 17.6 Å². The molecular formula is C16H20O3. The summed E-state index contributed by atoms with van der Waals surface area (Å²) in [4.78, 5) is 12.1.